The van der Waals surface area contributed by atoms with Gasteiger partial charge >= 0.3 is 0 Å². The van der Waals surface area contributed by atoms with E-state index in [1.54, 1.807) is 6.07 Å². The number of phenolic OH excluding ortho intramolecular Hbond substituents is 1. The molecule has 1 heterocycles. The van der Waals surface area contributed by atoms with Crippen molar-refractivity contribution >= 4 is 46.3 Å². The molecule has 0 aromatic heterocycles. The quantitative estimate of drug-likeness (QED) is 0.799. The smallest absolute Gasteiger partial charge is 0.298 e. The fourth-order valence-corrected chi connectivity index (χ4v) is 3.27. The van der Waals surface area contributed by atoms with E-state index in [1.807, 2.05) is 0 Å². The summed E-state index contributed by atoms with van der Waals surface area (Å²) in [6.45, 7) is 0. The van der Waals surface area contributed by atoms with Gasteiger partial charge in [-0.2, -0.15) is 0 Å². The first-order chi connectivity index (χ1) is 11.9. The third-order valence-electron chi connectivity index (χ3n) is 3.46. The van der Waals surface area contributed by atoms with E-state index in [0.29, 0.717) is 5.56 Å². The summed E-state index contributed by atoms with van der Waals surface area (Å²) in [7, 11) is 1.41. The normalized spacial score (nSPS) is 16.0. The largest absolute Gasteiger partial charge is 0.504 e. The fourth-order valence-electron chi connectivity index (χ4n) is 2.25. The number of carbonyl (C=O) groups is 2. The summed E-state index contributed by atoms with van der Waals surface area (Å²) in [5.74, 6) is -0.958. The molecule has 2 aromatic rings. The number of imide groups is 1. The monoisotopic (exact) mass is 379 g/mol. The van der Waals surface area contributed by atoms with Crippen molar-refractivity contribution in [1.82, 2.24) is 0 Å². The van der Waals surface area contributed by atoms with Gasteiger partial charge in [0.15, 0.2) is 11.5 Å². The van der Waals surface area contributed by atoms with Gasteiger partial charge in [0.1, 0.15) is 5.82 Å². The van der Waals surface area contributed by atoms with Gasteiger partial charge < -0.3 is 9.84 Å². The maximum absolute atomic E-state index is 13.3. The Morgan fingerprint density at radius 2 is 2.00 bits per heavy atom. The summed E-state index contributed by atoms with van der Waals surface area (Å²) in [5.41, 5.74) is 0.776. The van der Waals surface area contributed by atoms with E-state index >= 15 is 0 Å². The lowest BCUT2D eigenvalue weighted by molar-refractivity contribution is -0.113. The Balaban J connectivity index is 1.94. The topological polar surface area (TPSA) is 66.8 Å². The highest BCUT2D eigenvalue weighted by Gasteiger charge is 2.36. The zero-order chi connectivity index (χ0) is 18.1. The zero-order valence-electron chi connectivity index (χ0n) is 12.8. The Labute approximate surface area is 151 Å². The van der Waals surface area contributed by atoms with Crippen LogP contribution in [0.4, 0.5) is 14.9 Å². The number of amides is 2. The van der Waals surface area contributed by atoms with Crippen molar-refractivity contribution in [2.45, 2.75) is 0 Å². The van der Waals surface area contributed by atoms with Crippen LogP contribution in [0, 0.1) is 5.82 Å². The second-order valence-corrected chi connectivity index (χ2v) is 6.45. The minimum Gasteiger partial charge on any atom is -0.504 e. The molecule has 25 heavy (non-hydrogen) atoms. The maximum Gasteiger partial charge on any atom is 0.298 e. The molecular weight excluding hydrogens is 369 g/mol. The van der Waals surface area contributed by atoms with E-state index < -0.39 is 17.0 Å². The van der Waals surface area contributed by atoms with Crippen molar-refractivity contribution in [3.63, 3.8) is 0 Å². The van der Waals surface area contributed by atoms with Crippen LogP contribution < -0.4 is 9.64 Å². The maximum atomic E-state index is 13.3. The number of aromatic hydroxyl groups is 1. The first kappa shape index (κ1) is 17.3. The molecule has 0 unspecified atom stereocenters. The number of methoxy groups -OCH3 is 1. The van der Waals surface area contributed by atoms with Gasteiger partial charge in [0.05, 0.1) is 22.7 Å². The molecule has 2 aromatic carbocycles. The summed E-state index contributed by atoms with van der Waals surface area (Å²) in [4.78, 5) is 25.8. The molecule has 0 aliphatic carbocycles. The van der Waals surface area contributed by atoms with E-state index in [4.69, 9.17) is 16.3 Å². The number of hydrogen-bond acceptors (Lipinski definition) is 5. The predicted octanol–water partition coefficient (Wildman–Crippen LogP) is 4.43. The second kappa shape index (κ2) is 6.78. The van der Waals surface area contributed by atoms with E-state index in [1.165, 1.54) is 37.5 Å². The van der Waals surface area contributed by atoms with Gasteiger partial charge in [0.25, 0.3) is 11.1 Å². The van der Waals surface area contributed by atoms with Crippen molar-refractivity contribution in [2.75, 3.05) is 12.0 Å². The first-order valence-electron chi connectivity index (χ1n) is 7.00. The van der Waals surface area contributed by atoms with Crippen LogP contribution in [0.15, 0.2) is 41.3 Å². The highest BCUT2D eigenvalue weighted by Crippen LogP contribution is 2.37. The van der Waals surface area contributed by atoms with Gasteiger partial charge in [-0.3, -0.25) is 9.59 Å². The van der Waals surface area contributed by atoms with Gasteiger partial charge in [-0.05, 0) is 53.7 Å². The molecule has 5 nitrogen and oxygen atoms in total. The highest BCUT2D eigenvalue weighted by molar-refractivity contribution is 8.19. The summed E-state index contributed by atoms with van der Waals surface area (Å²) >= 11 is 6.48. The van der Waals surface area contributed by atoms with Gasteiger partial charge in [-0.15, -0.1) is 0 Å². The Hall–Kier alpha value is -2.51. The molecule has 0 radical (unpaired) electrons. The molecule has 0 bridgehead atoms. The van der Waals surface area contributed by atoms with Crippen LogP contribution in [0.25, 0.3) is 6.08 Å². The standard InChI is InChI=1S/C17H11ClFNO4S/c1-24-14-6-9(2-5-13(14)21)7-15-16(22)20(17(23)25-15)10-3-4-12(19)11(18)8-10/h2-8,21H,1H3/b15-7-. The number of hydrogen-bond donors (Lipinski definition) is 1. The fraction of sp³-hybridized carbons (Fsp3) is 0.0588. The van der Waals surface area contributed by atoms with E-state index in [9.17, 15) is 19.1 Å². The van der Waals surface area contributed by atoms with Crippen molar-refractivity contribution in [3.05, 3.63) is 57.7 Å². The predicted molar refractivity (Wildman–Crippen MR) is 94.5 cm³/mol. The summed E-state index contributed by atoms with van der Waals surface area (Å²) in [5, 5.41) is 8.92. The molecule has 3 rings (SSSR count). The third-order valence-corrected chi connectivity index (χ3v) is 4.62. The molecule has 128 valence electrons. The Morgan fingerprint density at radius 1 is 1.24 bits per heavy atom. The van der Waals surface area contributed by atoms with Crippen molar-refractivity contribution in [2.24, 2.45) is 0 Å². The molecule has 1 N–H and O–H groups in total. The van der Waals surface area contributed by atoms with E-state index in [2.05, 4.69) is 0 Å². The summed E-state index contributed by atoms with van der Waals surface area (Å²) in [6.07, 6.45) is 1.51. The highest BCUT2D eigenvalue weighted by atomic mass is 35.5. The Bertz CT molecular complexity index is 916. The van der Waals surface area contributed by atoms with Crippen molar-refractivity contribution < 1.29 is 23.8 Å². The molecule has 0 spiro atoms. The summed E-state index contributed by atoms with van der Waals surface area (Å²) < 4.78 is 18.3. The molecule has 1 fully saturated rings. The number of ether oxygens (including phenoxy) is 1. The molecule has 8 heteroatoms. The Morgan fingerprint density at radius 3 is 2.68 bits per heavy atom. The van der Waals surface area contributed by atoms with Crippen LogP contribution in [0.1, 0.15) is 5.56 Å². The minimum absolute atomic E-state index is 0.0336. The lowest BCUT2D eigenvalue weighted by Crippen LogP contribution is -2.27. The second-order valence-electron chi connectivity index (χ2n) is 5.05. The number of rotatable bonds is 3. The van der Waals surface area contributed by atoms with Crippen LogP contribution in [-0.2, 0) is 4.79 Å². The molecule has 0 atom stereocenters. The summed E-state index contributed by atoms with van der Waals surface area (Å²) in [6, 6.07) is 8.17. The Kier molecular flexibility index (Phi) is 4.69. The van der Waals surface area contributed by atoms with Crippen molar-refractivity contribution in [3.8, 4) is 11.5 Å². The van der Waals surface area contributed by atoms with Gasteiger partial charge in [-0.25, -0.2) is 9.29 Å². The van der Waals surface area contributed by atoms with E-state index in [-0.39, 0.29) is 27.1 Å². The lowest BCUT2D eigenvalue weighted by atomic mass is 10.2. The first-order valence-corrected chi connectivity index (χ1v) is 8.20. The minimum atomic E-state index is -0.635. The lowest BCUT2D eigenvalue weighted by Gasteiger charge is -2.12. The number of phenols is 1. The molecule has 1 aliphatic rings. The van der Waals surface area contributed by atoms with Crippen molar-refractivity contribution in [1.29, 1.82) is 0 Å². The average Bonchev–Trinajstić information content (AvgIpc) is 2.86. The van der Waals surface area contributed by atoms with Gasteiger partial charge in [-0.1, -0.05) is 17.7 Å². The number of benzene rings is 2. The number of carbonyl (C=O) groups excluding carboxylic acids is 2. The number of thioether (sulfide) groups is 1. The number of anilines is 1. The number of halogens is 2. The molecule has 0 saturated carbocycles. The SMILES string of the molecule is COc1cc(/C=C2\SC(=O)N(c3ccc(F)c(Cl)c3)C2=O)ccc1O. The van der Waals surface area contributed by atoms with Gasteiger partial charge in [0, 0.05) is 0 Å². The number of nitrogens with zero attached hydrogens (tertiary/aromatic N) is 1. The van der Waals surface area contributed by atoms with Crippen LogP contribution in [0.5, 0.6) is 11.5 Å². The third kappa shape index (κ3) is 3.33. The molecule has 1 aliphatic heterocycles. The van der Waals surface area contributed by atoms with Crippen LogP contribution in [-0.4, -0.2) is 23.4 Å². The average molecular weight is 380 g/mol. The van der Waals surface area contributed by atoms with Gasteiger partial charge in [0.2, 0.25) is 0 Å². The molecule has 2 amide bonds. The zero-order valence-corrected chi connectivity index (χ0v) is 14.4. The van der Waals surface area contributed by atoms with Crippen LogP contribution in [0.2, 0.25) is 5.02 Å². The van der Waals surface area contributed by atoms with E-state index in [0.717, 1.165) is 22.7 Å². The molecular formula is C17H11ClFNO4S. The van der Waals surface area contributed by atoms with Crippen LogP contribution >= 0.6 is 23.4 Å². The molecule has 1 saturated heterocycles. The van der Waals surface area contributed by atoms with Crippen LogP contribution in [0.3, 0.4) is 0 Å².